The molecule has 0 aliphatic rings. The monoisotopic (exact) mass is 347 g/mol. The maximum Gasteiger partial charge on any atom is 0.416 e. The van der Waals surface area contributed by atoms with Gasteiger partial charge in [-0.2, -0.15) is 13.2 Å². The maximum atomic E-state index is 12.7. The van der Waals surface area contributed by atoms with E-state index in [9.17, 15) is 18.0 Å². The van der Waals surface area contributed by atoms with Crippen LogP contribution in [0.25, 0.3) is 11.1 Å². The number of anilines is 1. The van der Waals surface area contributed by atoms with Gasteiger partial charge in [0.05, 0.1) is 16.1 Å². The standard InChI is InChI=1S/C18H12F3NOS/c19-18(20,21)13-8-6-12(7-9-13)16(23)15-14(10-24-17(15)22)11-4-2-1-3-5-11/h1-10H,22H2. The largest absolute Gasteiger partial charge is 0.416 e. The number of rotatable bonds is 3. The van der Waals surface area contributed by atoms with Crippen LogP contribution in [-0.4, -0.2) is 5.78 Å². The third-order valence-electron chi connectivity index (χ3n) is 3.61. The van der Waals surface area contributed by atoms with E-state index in [2.05, 4.69) is 0 Å². The van der Waals surface area contributed by atoms with Crippen LogP contribution in [0.1, 0.15) is 21.5 Å². The van der Waals surface area contributed by atoms with Crippen LogP contribution in [0, 0.1) is 0 Å². The van der Waals surface area contributed by atoms with Crippen molar-refractivity contribution in [1.29, 1.82) is 0 Å². The number of nitrogen functional groups attached to an aromatic ring is 1. The zero-order valence-electron chi connectivity index (χ0n) is 12.3. The molecule has 122 valence electrons. The molecule has 0 aliphatic heterocycles. The predicted molar refractivity (Wildman–Crippen MR) is 89.0 cm³/mol. The second-order valence-corrected chi connectivity index (χ2v) is 6.07. The van der Waals surface area contributed by atoms with Crippen molar-refractivity contribution in [3.05, 3.63) is 76.7 Å². The molecule has 0 saturated carbocycles. The molecular weight excluding hydrogens is 335 g/mol. The van der Waals surface area contributed by atoms with Crippen LogP contribution >= 0.6 is 11.3 Å². The molecule has 1 aromatic heterocycles. The van der Waals surface area contributed by atoms with Crippen molar-refractivity contribution in [3.8, 4) is 11.1 Å². The zero-order chi connectivity index (χ0) is 17.3. The Bertz CT molecular complexity index is 868. The number of hydrogen-bond donors (Lipinski definition) is 1. The van der Waals surface area contributed by atoms with E-state index in [1.54, 1.807) is 5.38 Å². The highest BCUT2D eigenvalue weighted by Gasteiger charge is 2.30. The Balaban J connectivity index is 2.01. The molecule has 3 rings (SSSR count). The molecule has 2 nitrogen and oxygen atoms in total. The lowest BCUT2D eigenvalue weighted by molar-refractivity contribution is -0.137. The minimum Gasteiger partial charge on any atom is -0.390 e. The van der Waals surface area contributed by atoms with Gasteiger partial charge in [-0.25, -0.2) is 0 Å². The van der Waals surface area contributed by atoms with Crippen molar-refractivity contribution in [1.82, 2.24) is 0 Å². The van der Waals surface area contributed by atoms with Gasteiger partial charge in [0.2, 0.25) is 0 Å². The SMILES string of the molecule is Nc1scc(-c2ccccc2)c1C(=O)c1ccc(C(F)(F)F)cc1. The second-order valence-electron chi connectivity index (χ2n) is 5.16. The number of hydrogen-bond acceptors (Lipinski definition) is 3. The number of nitrogens with two attached hydrogens (primary N) is 1. The fraction of sp³-hybridized carbons (Fsp3) is 0.0556. The molecule has 0 radical (unpaired) electrons. The lowest BCUT2D eigenvalue weighted by atomic mass is 9.97. The number of alkyl halides is 3. The van der Waals surface area contributed by atoms with Crippen LogP contribution in [0.3, 0.4) is 0 Å². The zero-order valence-corrected chi connectivity index (χ0v) is 13.1. The summed E-state index contributed by atoms with van der Waals surface area (Å²) < 4.78 is 37.9. The average molecular weight is 347 g/mol. The van der Waals surface area contributed by atoms with Crippen molar-refractivity contribution in [2.24, 2.45) is 0 Å². The highest BCUT2D eigenvalue weighted by molar-refractivity contribution is 7.15. The van der Waals surface area contributed by atoms with Gasteiger partial charge in [-0.3, -0.25) is 4.79 Å². The minimum atomic E-state index is -4.43. The molecule has 2 N–H and O–H groups in total. The van der Waals surface area contributed by atoms with Gasteiger partial charge in [0.1, 0.15) is 0 Å². The van der Waals surface area contributed by atoms with Crippen LogP contribution in [0.5, 0.6) is 0 Å². The first-order valence-corrected chi connectivity index (χ1v) is 7.90. The van der Waals surface area contributed by atoms with E-state index < -0.39 is 11.7 Å². The quantitative estimate of drug-likeness (QED) is 0.658. The molecule has 3 aromatic rings. The Hall–Kier alpha value is -2.60. The van der Waals surface area contributed by atoms with E-state index >= 15 is 0 Å². The molecule has 24 heavy (non-hydrogen) atoms. The number of benzene rings is 2. The smallest absolute Gasteiger partial charge is 0.390 e. The van der Waals surface area contributed by atoms with E-state index in [4.69, 9.17) is 5.73 Å². The van der Waals surface area contributed by atoms with E-state index in [1.807, 2.05) is 30.3 Å². The van der Waals surface area contributed by atoms with Crippen molar-refractivity contribution in [3.63, 3.8) is 0 Å². The first kappa shape index (κ1) is 16.3. The van der Waals surface area contributed by atoms with Crippen LogP contribution in [0.2, 0.25) is 0 Å². The van der Waals surface area contributed by atoms with Crippen LogP contribution < -0.4 is 5.73 Å². The summed E-state index contributed by atoms with van der Waals surface area (Å²) in [6.07, 6.45) is -4.43. The third-order valence-corrected chi connectivity index (χ3v) is 4.42. The third kappa shape index (κ3) is 3.05. The number of ketones is 1. The van der Waals surface area contributed by atoms with Gasteiger partial charge in [-0.05, 0) is 17.7 Å². The maximum absolute atomic E-state index is 12.7. The number of carbonyl (C=O) groups excluding carboxylic acids is 1. The Kier molecular flexibility index (Phi) is 4.15. The van der Waals surface area contributed by atoms with Crippen LogP contribution in [-0.2, 0) is 6.18 Å². The van der Waals surface area contributed by atoms with Gasteiger partial charge in [-0.15, -0.1) is 11.3 Å². The van der Waals surface area contributed by atoms with E-state index in [0.29, 0.717) is 16.1 Å². The summed E-state index contributed by atoms with van der Waals surface area (Å²) in [5, 5.41) is 2.13. The summed E-state index contributed by atoms with van der Waals surface area (Å²) in [6.45, 7) is 0. The molecular formula is C18H12F3NOS. The van der Waals surface area contributed by atoms with E-state index in [1.165, 1.54) is 23.5 Å². The number of carbonyl (C=O) groups is 1. The fourth-order valence-corrected chi connectivity index (χ4v) is 3.21. The lowest BCUT2D eigenvalue weighted by Crippen LogP contribution is -2.07. The van der Waals surface area contributed by atoms with Crippen molar-refractivity contribution in [2.75, 3.05) is 5.73 Å². The molecule has 0 aliphatic carbocycles. The summed E-state index contributed by atoms with van der Waals surface area (Å²) >= 11 is 1.23. The highest BCUT2D eigenvalue weighted by atomic mass is 32.1. The van der Waals surface area contributed by atoms with Crippen molar-refractivity contribution < 1.29 is 18.0 Å². The number of halogens is 3. The van der Waals surface area contributed by atoms with Gasteiger partial charge in [0, 0.05) is 16.5 Å². The topological polar surface area (TPSA) is 43.1 Å². The molecule has 2 aromatic carbocycles. The van der Waals surface area contributed by atoms with Gasteiger partial charge in [-0.1, -0.05) is 42.5 Å². The lowest BCUT2D eigenvalue weighted by Gasteiger charge is -2.08. The van der Waals surface area contributed by atoms with E-state index in [0.717, 1.165) is 17.7 Å². The Labute approximate surface area is 140 Å². The van der Waals surface area contributed by atoms with Gasteiger partial charge in [0.15, 0.2) is 5.78 Å². The summed E-state index contributed by atoms with van der Waals surface area (Å²) in [4.78, 5) is 12.7. The van der Waals surface area contributed by atoms with Crippen LogP contribution in [0.15, 0.2) is 60.0 Å². The van der Waals surface area contributed by atoms with Gasteiger partial charge >= 0.3 is 6.18 Å². The Morgan fingerprint density at radius 1 is 0.958 bits per heavy atom. The Morgan fingerprint density at radius 2 is 1.58 bits per heavy atom. The van der Waals surface area contributed by atoms with Gasteiger partial charge in [0.25, 0.3) is 0 Å². The molecule has 0 fully saturated rings. The molecule has 0 spiro atoms. The molecule has 0 atom stereocenters. The molecule has 6 heteroatoms. The fourth-order valence-electron chi connectivity index (χ4n) is 2.39. The minimum absolute atomic E-state index is 0.172. The Morgan fingerprint density at radius 3 is 2.17 bits per heavy atom. The van der Waals surface area contributed by atoms with Gasteiger partial charge < -0.3 is 5.73 Å². The molecule has 0 amide bonds. The summed E-state index contributed by atoms with van der Waals surface area (Å²) in [7, 11) is 0. The molecule has 0 unspecified atom stereocenters. The first-order chi connectivity index (χ1) is 11.4. The normalized spacial score (nSPS) is 11.5. The molecule has 0 saturated heterocycles. The average Bonchev–Trinajstić information content (AvgIpc) is 2.96. The number of thiophene rings is 1. The second kappa shape index (κ2) is 6.13. The van der Waals surface area contributed by atoms with E-state index in [-0.39, 0.29) is 11.3 Å². The summed E-state index contributed by atoms with van der Waals surface area (Å²) in [6, 6.07) is 13.4. The first-order valence-electron chi connectivity index (χ1n) is 7.02. The molecule has 0 bridgehead atoms. The highest BCUT2D eigenvalue weighted by Crippen LogP contribution is 2.36. The summed E-state index contributed by atoms with van der Waals surface area (Å²) in [5.41, 5.74) is 7.16. The van der Waals surface area contributed by atoms with Crippen molar-refractivity contribution >= 4 is 22.1 Å². The van der Waals surface area contributed by atoms with Crippen molar-refractivity contribution in [2.45, 2.75) is 6.18 Å². The van der Waals surface area contributed by atoms with Crippen LogP contribution in [0.4, 0.5) is 18.2 Å². The molecule has 1 heterocycles. The summed E-state index contributed by atoms with van der Waals surface area (Å²) in [5.74, 6) is -0.388. The predicted octanol–water partition coefficient (Wildman–Crippen LogP) is 5.25.